The summed E-state index contributed by atoms with van der Waals surface area (Å²) in [6, 6.07) is 0. The van der Waals surface area contributed by atoms with E-state index in [1.54, 1.807) is 6.08 Å². The summed E-state index contributed by atoms with van der Waals surface area (Å²) < 4.78 is 14.5. The molecule has 66 valence electrons. The first-order chi connectivity index (χ1) is 5.81. The maximum Gasteiger partial charge on any atom is 0.509 e. The summed E-state index contributed by atoms with van der Waals surface area (Å²) >= 11 is 0. The van der Waals surface area contributed by atoms with Crippen molar-refractivity contribution in [3.8, 4) is 0 Å². The molecule has 0 spiro atoms. The fourth-order valence-corrected chi connectivity index (χ4v) is 1.27. The van der Waals surface area contributed by atoms with Crippen LogP contribution in [0.1, 0.15) is 0 Å². The number of aliphatic hydroxyl groups excluding tert-OH is 1. The summed E-state index contributed by atoms with van der Waals surface area (Å²) in [5, 5.41) is 8.82. The molecule has 2 rings (SSSR count). The zero-order valence-electron chi connectivity index (χ0n) is 6.17. The third-order valence-electron chi connectivity index (χ3n) is 1.86. The molecule has 0 saturated carbocycles. The normalized spacial score (nSPS) is 38.1. The average molecular weight is 172 g/mol. The van der Waals surface area contributed by atoms with E-state index in [1.807, 2.05) is 0 Å². The Morgan fingerprint density at radius 1 is 1.50 bits per heavy atom. The van der Waals surface area contributed by atoms with Gasteiger partial charge in [0.2, 0.25) is 0 Å². The van der Waals surface area contributed by atoms with E-state index in [0.717, 1.165) is 0 Å². The van der Waals surface area contributed by atoms with Gasteiger partial charge in [0.25, 0.3) is 0 Å². The van der Waals surface area contributed by atoms with Gasteiger partial charge in [0, 0.05) is 0 Å². The quantitative estimate of drug-likeness (QED) is 0.554. The molecule has 5 heteroatoms. The first-order valence-electron chi connectivity index (χ1n) is 3.61. The third kappa shape index (κ3) is 1.02. The van der Waals surface area contributed by atoms with E-state index in [4.69, 9.17) is 19.3 Å². The van der Waals surface area contributed by atoms with Crippen LogP contribution in [0.3, 0.4) is 0 Å². The summed E-state index contributed by atoms with van der Waals surface area (Å²) in [7, 11) is 0. The van der Waals surface area contributed by atoms with Crippen LogP contribution in [-0.4, -0.2) is 36.2 Å². The molecule has 0 aromatic heterocycles. The Morgan fingerprint density at radius 3 is 3.08 bits per heavy atom. The molecule has 2 aliphatic rings. The number of ether oxygens (including phenoxy) is 3. The molecule has 2 aliphatic heterocycles. The van der Waals surface area contributed by atoms with Crippen LogP contribution in [0, 0.1) is 0 Å². The molecule has 3 unspecified atom stereocenters. The second-order valence-corrected chi connectivity index (χ2v) is 2.60. The maximum absolute atomic E-state index is 10.7. The van der Waals surface area contributed by atoms with Gasteiger partial charge in [-0.3, -0.25) is 0 Å². The Morgan fingerprint density at radius 2 is 2.33 bits per heavy atom. The van der Waals surface area contributed by atoms with Crippen molar-refractivity contribution in [2.24, 2.45) is 0 Å². The van der Waals surface area contributed by atoms with Crippen molar-refractivity contribution in [2.75, 3.05) is 6.61 Å². The van der Waals surface area contributed by atoms with Crippen LogP contribution in [0.5, 0.6) is 0 Å². The van der Waals surface area contributed by atoms with Crippen LogP contribution in [0.2, 0.25) is 0 Å². The Hall–Kier alpha value is -1.23. The molecule has 3 atom stereocenters. The van der Waals surface area contributed by atoms with Gasteiger partial charge in [-0.15, -0.1) is 0 Å². The number of carbonyl (C=O) groups excluding carboxylic acids is 1. The van der Waals surface area contributed by atoms with E-state index < -0.39 is 24.5 Å². The highest BCUT2D eigenvalue weighted by Gasteiger charge is 2.43. The minimum atomic E-state index is -0.710. The Bertz CT molecular complexity index is 224. The van der Waals surface area contributed by atoms with Crippen molar-refractivity contribution in [1.29, 1.82) is 0 Å². The van der Waals surface area contributed by atoms with Gasteiger partial charge in [-0.05, 0) is 6.08 Å². The molecule has 0 radical (unpaired) electrons. The van der Waals surface area contributed by atoms with Crippen molar-refractivity contribution in [3.05, 3.63) is 12.3 Å². The van der Waals surface area contributed by atoms with Crippen LogP contribution in [0.15, 0.2) is 12.3 Å². The smallest absolute Gasteiger partial charge is 0.492 e. The minimum Gasteiger partial charge on any atom is -0.492 e. The van der Waals surface area contributed by atoms with Crippen molar-refractivity contribution >= 4 is 6.16 Å². The van der Waals surface area contributed by atoms with Crippen LogP contribution in [0.25, 0.3) is 0 Å². The monoisotopic (exact) mass is 172 g/mol. The van der Waals surface area contributed by atoms with Gasteiger partial charge in [0.1, 0.15) is 0 Å². The lowest BCUT2D eigenvalue weighted by atomic mass is 10.1. The van der Waals surface area contributed by atoms with E-state index >= 15 is 0 Å². The minimum absolute atomic E-state index is 0.192. The van der Waals surface area contributed by atoms with E-state index in [-0.39, 0.29) is 6.61 Å². The molecule has 1 fully saturated rings. The van der Waals surface area contributed by atoms with Gasteiger partial charge in [-0.25, -0.2) is 4.79 Å². The molecule has 0 aromatic rings. The van der Waals surface area contributed by atoms with Crippen LogP contribution in [0.4, 0.5) is 4.79 Å². The van der Waals surface area contributed by atoms with E-state index in [0.29, 0.717) is 0 Å². The van der Waals surface area contributed by atoms with Crippen molar-refractivity contribution < 1.29 is 24.1 Å². The largest absolute Gasteiger partial charge is 0.509 e. The highest BCUT2D eigenvalue weighted by atomic mass is 16.8. The lowest BCUT2D eigenvalue weighted by Crippen LogP contribution is -2.40. The van der Waals surface area contributed by atoms with Gasteiger partial charge in [-0.1, -0.05) is 0 Å². The lowest BCUT2D eigenvalue weighted by molar-refractivity contribution is -0.0310. The summed E-state index contributed by atoms with van der Waals surface area (Å²) in [6.45, 7) is -0.192. The number of hydrogen-bond acceptors (Lipinski definition) is 5. The molecule has 0 amide bonds. The van der Waals surface area contributed by atoms with E-state index in [9.17, 15) is 4.79 Å². The van der Waals surface area contributed by atoms with Crippen molar-refractivity contribution in [1.82, 2.24) is 0 Å². The summed E-state index contributed by atoms with van der Waals surface area (Å²) in [6.07, 6.45) is 0.854. The number of carbonyl (C=O) groups is 1. The zero-order valence-corrected chi connectivity index (χ0v) is 6.17. The molecule has 0 aromatic carbocycles. The summed E-state index contributed by atoms with van der Waals surface area (Å²) in [4.78, 5) is 10.7. The topological polar surface area (TPSA) is 65.0 Å². The molecular weight excluding hydrogens is 164 g/mol. The van der Waals surface area contributed by atoms with Crippen LogP contribution >= 0.6 is 0 Å². The molecule has 0 bridgehead atoms. The second-order valence-electron chi connectivity index (χ2n) is 2.60. The summed E-state index contributed by atoms with van der Waals surface area (Å²) in [5.41, 5.74) is 0. The Labute approximate surface area is 68.5 Å². The molecule has 1 saturated heterocycles. The summed E-state index contributed by atoms with van der Waals surface area (Å²) in [5.74, 6) is 0. The molecular formula is C7H8O5. The number of fused-ring (bicyclic) bond motifs is 1. The fraction of sp³-hybridized carbons (Fsp3) is 0.571. The molecule has 12 heavy (non-hydrogen) atoms. The van der Waals surface area contributed by atoms with Gasteiger partial charge in [-0.2, -0.15) is 0 Å². The fourth-order valence-electron chi connectivity index (χ4n) is 1.27. The van der Waals surface area contributed by atoms with Crippen LogP contribution in [-0.2, 0) is 14.2 Å². The second kappa shape index (κ2) is 2.67. The lowest BCUT2D eigenvalue weighted by Gasteiger charge is -2.24. The highest BCUT2D eigenvalue weighted by Crippen LogP contribution is 2.24. The average Bonchev–Trinajstić information content (AvgIpc) is 2.44. The molecule has 5 nitrogen and oxygen atoms in total. The predicted octanol–water partition coefficient (Wildman–Crippen LogP) is -0.205. The van der Waals surface area contributed by atoms with Gasteiger partial charge < -0.3 is 19.3 Å². The van der Waals surface area contributed by atoms with E-state index in [1.165, 1.54) is 6.26 Å². The molecule has 2 heterocycles. The van der Waals surface area contributed by atoms with Crippen molar-refractivity contribution in [2.45, 2.75) is 18.3 Å². The highest BCUT2D eigenvalue weighted by molar-refractivity contribution is 5.63. The molecule has 0 aliphatic carbocycles. The SMILES string of the molecule is O=C1OC2C=COC(CO)C2O1. The first-order valence-corrected chi connectivity index (χ1v) is 3.61. The van der Waals surface area contributed by atoms with Gasteiger partial charge in [0.05, 0.1) is 12.9 Å². The Balaban J connectivity index is 2.15. The zero-order chi connectivity index (χ0) is 8.55. The third-order valence-corrected chi connectivity index (χ3v) is 1.86. The standard InChI is InChI=1S/C7H8O5/c8-3-5-6-4(1-2-10-5)11-7(9)12-6/h1-2,4-6,8H,3H2. The maximum atomic E-state index is 10.7. The van der Waals surface area contributed by atoms with Gasteiger partial charge >= 0.3 is 6.16 Å². The van der Waals surface area contributed by atoms with Crippen LogP contribution < -0.4 is 0 Å². The van der Waals surface area contributed by atoms with Gasteiger partial charge in [0.15, 0.2) is 18.3 Å². The Kier molecular flexibility index (Phi) is 1.65. The number of aliphatic hydroxyl groups is 1. The van der Waals surface area contributed by atoms with E-state index in [2.05, 4.69) is 0 Å². The van der Waals surface area contributed by atoms with Crippen molar-refractivity contribution in [3.63, 3.8) is 0 Å². The number of hydrogen-bond donors (Lipinski definition) is 1. The number of rotatable bonds is 1. The predicted molar refractivity (Wildman–Crippen MR) is 36.2 cm³/mol. The first kappa shape index (κ1) is 7.42. The molecule has 1 N–H and O–H groups in total.